The van der Waals surface area contributed by atoms with E-state index in [9.17, 15) is 13.2 Å². The molecule has 0 heterocycles. The molecule has 0 aliphatic heterocycles. The largest absolute Gasteiger partial charge is 0.488 e. The topological polar surface area (TPSA) is 64.5 Å². The molecule has 0 bridgehead atoms. The predicted octanol–water partition coefficient (Wildman–Crippen LogP) is 1.50. The molecule has 0 fully saturated rings. The first-order chi connectivity index (χ1) is 10.4. The summed E-state index contributed by atoms with van der Waals surface area (Å²) in [5, 5.41) is 18.0. The lowest BCUT2D eigenvalue weighted by Gasteiger charge is -2.16. The molecule has 0 aromatic heterocycles. The molecule has 22 heavy (non-hydrogen) atoms. The number of nitrogens with one attached hydrogen (secondary N) is 2. The fourth-order valence-electron chi connectivity index (χ4n) is 1.94. The quantitative estimate of drug-likeness (QED) is 0.499. The van der Waals surface area contributed by atoms with Crippen LogP contribution in [0.25, 0.3) is 0 Å². The van der Waals surface area contributed by atoms with Gasteiger partial charge in [-0.05, 0) is 29.2 Å². The summed E-state index contributed by atoms with van der Waals surface area (Å²) in [5.74, 6) is 0. The van der Waals surface area contributed by atoms with Crippen molar-refractivity contribution in [3.63, 3.8) is 0 Å². The van der Waals surface area contributed by atoms with Gasteiger partial charge in [-0.15, -0.1) is 0 Å². The van der Waals surface area contributed by atoms with Gasteiger partial charge in [0.1, 0.15) is 0 Å². The fourth-order valence-corrected chi connectivity index (χ4v) is 1.94. The Morgan fingerprint density at radius 3 is 2.27 bits per heavy atom. The molecule has 116 valence electrons. The Balaban J connectivity index is 2.12. The number of halogens is 3. The third kappa shape index (κ3) is 4.23. The first-order valence-corrected chi connectivity index (χ1v) is 6.48. The van der Waals surface area contributed by atoms with E-state index in [-0.39, 0.29) is 17.6 Å². The van der Waals surface area contributed by atoms with Gasteiger partial charge in [0.05, 0.1) is 5.56 Å². The summed E-state index contributed by atoms with van der Waals surface area (Å²) >= 11 is 0. The van der Waals surface area contributed by atoms with Gasteiger partial charge in [0.15, 0.2) is 0 Å². The molecule has 8 heteroatoms. The standard InChI is InChI=1S/C14H14BF3N2O2/c16-14(17,18)13-8-11(15(21)22)7-6-10(13)9-19-20-12-4-2-1-3-5-12/h1-8,19-22H,9H2. The summed E-state index contributed by atoms with van der Waals surface area (Å²) in [6.45, 7) is -0.0778. The van der Waals surface area contributed by atoms with Gasteiger partial charge >= 0.3 is 13.3 Å². The molecule has 0 atom stereocenters. The van der Waals surface area contributed by atoms with E-state index in [0.717, 1.165) is 11.8 Å². The van der Waals surface area contributed by atoms with Gasteiger partial charge in [0, 0.05) is 12.2 Å². The molecule has 0 aliphatic rings. The molecular weight excluding hydrogens is 296 g/mol. The number of rotatable bonds is 5. The molecular formula is C14H14BF3N2O2. The second-order valence-corrected chi connectivity index (χ2v) is 4.63. The summed E-state index contributed by atoms with van der Waals surface area (Å²) in [4.78, 5) is 0. The lowest BCUT2D eigenvalue weighted by molar-refractivity contribution is -0.138. The fraction of sp³-hybridized carbons (Fsp3) is 0.143. The minimum atomic E-state index is -4.57. The van der Waals surface area contributed by atoms with Crippen molar-refractivity contribution in [2.45, 2.75) is 12.7 Å². The Labute approximate surface area is 125 Å². The van der Waals surface area contributed by atoms with Crippen molar-refractivity contribution in [1.29, 1.82) is 0 Å². The van der Waals surface area contributed by atoms with E-state index in [1.165, 1.54) is 12.1 Å². The molecule has 0 spiro atoms. The highest BCUT2D eigenvalue weighted by molar-refractivity contribution is 6.58. The van der Waals surface area contributed by atoms with Crippen LogP contribution in [0.15, 0.2) is 48.5 Å². The normalized spacial score (nSPS) is 11.3. The maximum atomic E-state index is 13.0. The van der Waals surface area contributed by atoms with Crippen molar-refractivity contribution in [1.82, 2.24) is 5.43 Å². The number of hydrogen-bond acceptors (Lipinski definition) is 4. The van der Waals surface area contributed by atoms with E-state index in [2.05, 4.69) is 10.9 Å². The molecule has 2 aromatic rings. The Bertz CT molecular complexity index is 621. The molecule has 0 amide bonds. The van der Waals surface area contributed by atoms with Gasteiger partial charge in [-0.2, -0.15) is 13.2 Å². The van der Waals surface area contributed by atoms with Gasteiger partial charge < -0.3 is 15.5 Å². The number of para-hydroxylation sites is 1. The highest BCUT2D eigenvalue weighted by Crippen LogP contribution is 2.31. The van der Waals surface area contributed by atoms with Crippen LogP contribution in [-0.2, 0) is 12.7 Å². The van der Waals surface area contributed by atoms with E-state index in [0.29, 0.717) is 0 Å². The highest BCUT2D eigenvalue weighted by atomic mass is 19.4. The number of alkyl halides is 3. The van der Waals surface area contributed by atoms with Gasteiger partial charge in [-0.25, -0.2) is 5.43 Å². The monoisotopic (exact) mass is 310 g/mol. The smallest absolute Gasteiger partial charge is 0.423 e. The molecule has 0 saturated heterocycles. The van der Waals surface area contributed by atoms with Crippen LogP contribution in [0.2, 0.25) is 0 Å². The molecule has 0 saturated carbocycles. The molecule has 4 N–H and O–H groups in total. The van der Waals surface area contributed by atoms with Crippen LogP contribution >= 0.6 is 0 Å². The number of benzene rings is 2. The zero-order valence-electron chi connectivity index (χ0n) is 11.4. The maximum absolute atomic E-state index is 13.0. The second-order valence-electron chi connectivity index (χ2n) is 4.63. The van der Waals surface area contributed by atoms with Crippen LogP contribution < -0.4 is 16.3 Å². The van der Waals surface area contributed by atoms with E-state index in [1.54, 1.807) is 24.3 Å². The van der Waals surface area contributed by atoms with Gasteiger partial charge in [-0.1, -0.05) is 30.3 Å². The van der Waals surface area contributed by atoms with Gasteiger partial charge in [-0.3, -0.25) is 0 Å². The second kappa shape index (κ2) is 6.82. The zero-order chi connectivity index (χ0) is 16.2. The van der Waals surface area contributed by atoms with Crippen LogP contribution in [0.3, 0.4) is 0 Å². The van der Waals surface area contributed by atoms with Crippen LogP contribution in [-0.4, -0.2) is 17.2 Å². The van der Waals surface area contributed by atoms with Crippen molar-refractivity contribution >= 4 is 18.3 Å². The summed E-state index contributed by atoms with van der Waals surface area (Å²) in [5.41, 5.74) is 5.11. The Morgan fingerprint density at radius 1 is 1.00 bits per heavy atom. The maximum Gasteiger partial charge on any atom is 0.488 e. The van der Waals surface area contributed by atoms with E-state index in [4.69, 9.17) is 10.0 Å². The number of anilines is 1. The van der Waals surface area contributed by atoms with Crippen molar-refractivity contribution in [2.75, 3.05) is 5.43 Å². The minimum absolute atomic E-state index is 0.000307. The molecule has 0 radical (unpaired) electrons. The van der Waals surface area contributed by atoms with Crippen molar-refractivity contribution in [3.05, 3.63) is 59.7 Å². The van der Waals surface area contributed by atoms with Crippen LogP contribution in [0.1, 0.15) is 11.1 Å². The molecule has 2 aromatic carbocycles. The highest BCUT2D eigenvalue weighted by Gasteiger charge is 2.34. The zero-order valence-corrected chi connectivity index (χ0v) is 11.4. The lowest BCUT2D eigenvalue weighted by Crippen LogP contribution is -2.32. The minimum Gasteiger partial charge on any atom is -0.423 e. The average Bonchev–Trinajstić information content (AvgIpc) is 2.47. The average molecular weight is 310 g/mol. The predicted molar refractivity (Wildman–Crippen MR) is 78.2 cm³/mol. The Kier molecular flexibility index (Phi) is 5.07. The summed E-state index contributed by atoms with van der Waals surface area (Å²) in [6, 6.07) is 12.2. The van der Waals surface area contributed by atoms with Gasteiger partial charge in [0.2, 0.25) is 0 Å². The first-order valence-electron chi connectivity index (χ1n) is 6.48. The van der Waals surface area contributed by atoms with Crippen molar-refractivity contribution in [3.8, 4) is 0 Å². The van der Waals surface area contributed by atoms with Crippen LogP contribution in [0.4, 0.5) is 18.9 Å². The molecule has 4 nitrogen and oxygen atoms in total. The summed E-state index contributed by atoms with van der Waals surface area (Å²) in [7, 11) is -1.94. The van der Waals surface area contributed by atoms with Gasteiger partial charge in [0.25, 0.3) is 0 Å². The summed E-state index contributed by atoms with van der Waals surface area (Å²) in [6.07, 6.45) is -4.57. The third-order valence-corrected chi connectivity index (χ3v) is 3.02. The molecule has 2 rings (SSSR count). The van der Waals surface area contributed by atoms with Crippen LogP contribution in [0, 0.1) is 0 Å². The molecule has 0 aliphatic carbocycles. The van der Waals surface area contributed by atoms with Crippen molar-refractivity contribution in [2.24, 2.45) is 0 Å². The lowest BCUT2D eigenvalue weighted by atomic mass is 9.79. The van der Waals surface area contributed by atoms with Crippen molar-refractivity contribution < 1.29 is 23.2 Å². The summed E-state index contributed by atoms with van der Waals surface area (Å²) < 4.78 is 39.1. The number of hydrazine groups is 1. The van der Waals surface area contributed by atoms with Crippen LogP contribution in [0.5, 0.6) is 0 Å². The van der Waals surface area contributed by atoms with E-state index >= 15 is 0 Å². The number of hydrogen-bond donors (Lipinski definition) is 4. The Hall–Kier alpha value is -2.03. The van der Waals surface area contributed by atoms with E-state index in [1.807, 2.05) is 6.07 Å². The Morgan fingerprint density at radius 2 is 1.68 bits per heavy atom. The molecule has 0 unspecified atom stereocenters. The van der Waals surface area contributed by atoms with E-state index < -0.39 is 18.9 Å². The third-order valence-electron chi connectivity index (χ3n) is 3.02. The first kappa shape index (κ1) is 16.3. The SMILES string of the molecule is OB(O)c1ccc(CNNc2ccccc2)c(C(F)(F)F)c1.